The molecule has 1 aliphatic carbocycles. The number of rotatable bonds is 6. The first-order chi connectivity index (χ1) is 18.7. The first kappa shape index (κ1) is 27.5. The number of piperidine rings is 1. The van der Waals surface area contributed by atoms with E-state index in [2.05, 4.69) is 20.9 Å². The molecule has 208 valence electrons. The molecule has 1 saturated carbocycles. The number of carbonyl (C=O) groups is 2. The number of carbonyl (C=O) groups excluding carboxylic acids is 2. The molecule has 3 heterocycles. The Morgan fingerprint density at radius 1 is 1.05 bits per heavy atom. The van der Waals surface area contributed by atoms with E-state index >= 15 is 0 Å². The minimum Gasteiger partial charge on any atom is -0.369 e. The Bertz CT molecular complexity index is 1370. The van der Waals surface area contributed by atoms with Crippen LogP contribution in [0, 0.1) is 5.92 Å². The van der Waals surface area contributed by atoms with Gasteiger partial charge in [-0.2, -0.15) is 4.98 Å². The number of nitrogens with one attached hydrogen (secondary N) is 3. The summed E-state index contributed by atoms with van der Waals surface area (Å²) in [5, 5.41) is 10.5. The maximum atomic E-state index is 12.1. The lowest BCUT2D eigenvalue weighted by atomic mass is 9.85. The van der Waals surface area contributed by atoms with Crippen molar-refractivity contribution in [1.82, 2.24) is 29.7 Å². The number of halogens is 3. The second kappa shape index (κ2) is 11.6. The molecule has 1 aromatic carbocycles. The Morgan fingerprint density at radius 2 is 1.77 bits per heavy atom. The molecule has 0 radical (unpaired) electrons. The number of primary amides is 1. The van der Waals surface area contributed by atoms with E-state index in [4.69, 9.17) is 50.5 Å². The number of imidazole rings is 1. The molecule has 14 heteroatoms. The highest BCUT2D eigenvalue weighted by molar-refractivity contribution is 6.41. The Morgan fingerprint density at radius 3 is 2.44 bits per heavy atom. The quantitative estimate of drug-likeness (QED) is 0.316. The van der Waals surface area contributed by atoms with Crippen LogP contribution in [0.1, 0.15) is 44.6 Å². The molecule has 3 amide bonds. The summed E-state index contributed by atoms with van der Waals surface area (Å²) < 4.78 is 2.03. The lowest BCUT2D eigenvalue weighted by Gasteiger charge is -2.32. The SMILES string of the molecule is CNC(=O)N1CCCC(Nc2ncc3nc(Nc4c(Cl)cc(Cl)cc4Cl)n(C4CCC(C(N)=O)CC4)c3n2)C1. The lowest BCUT2D eigenvalue weighted by Crippen LogP contribution is -2.48. The molecule has 3 aromatic rings. The molecule has 2 aliphatic rings. The van der Waals surface area contributed by atoms with E-state index in [1.54, 1.807) is 30.3 Å². The van der Waals surface area contributed by atoms with Gasteiger partial charge < -0.3 is 26.6 Å². The molecule has 0 bridgehead atoms. The predicted octanol–water partition coefficient (Wildman–Crippen LogP) is 4.96. The van der Waals surface area contributed by atoms with Gasteiger partial charge in [0.05, 0.1) is 21.9 Å². The molecule has 1 saturated heterocycles. The van der Waals surface area contributed by atoms with Crippen LogP contribution in [-0.4, -0.2) is 62.5 Å². The van der Waals surface area contributed by atoms with Crippen LogP contribution in [0.15, 0.2) is 18.3 Å². The van der Waals surface area contributed by atoms with Gasteiger partial charge >= 0.3 is 6.03 Å². The van der Waals surface area contributed by atoms with Gasteiger partial charge in [-0.3, -0.25) is 9.36 Å². The molecule has 1 atom stereocenters. The average Bonchev–Trinajstić information content (AvgIpc) is 3.27. The maximum Gasteiger partial charge on any atom is 0.317 e. The van der Waals surface area contributed by atoms with Crippen molar-refractivity contribution in [1.29, 1.82) is 0 Å². The molecule has 5 rings (SSSR count). The maximum absolute atomic E-state index is 12.1. The van der Waals surface area contributed by atoms with Crippen LogP contribution in [0.3, 0.4) is 0 Å². The Kier molecular flexibility index (Phi) is 8.20. The Labute approximate surface area is 240 Å². The number of nitrogens with two attached hydrogens (primary N) is 1. The zero-order valence-electron chi connectivity index (χ0n) is 21.4. The van der Waals surface area contributed by atoms with Gasteiger partial charge in [-0.15, -0.1) is 0 Å². The number of hydrogen-bond donors (Lipinski definition) is 4. The summed E-state index contributed by atoms with van der Waals surface area (Å²) in [7, 11) is 1.63. The van der Waals surface area contributed by atoms with E-state index in [9.17, 15) is 9.59 Å². The van der Waals surface area contributed by atoms with Gasteiger partial charge in [0.2, 0.25) is 17.8 Å². The van der Waals surface area contributed by atoms with E-state index in [-0.39, 0.29) is 29.9 Å². The number of nitrogens with zero attached hydrogens (tertiary/aromatic N) is 5. The number of aromatic nitrogens is 4. The summed E-state index contributed by atoms with van der Waals surface area (Å²) in [5.41, 5.74) is 7.29. The minimum atomic E-state index is -0.269. The van der Waals surface area contributed by atoms with Crippen molar-refractivity contribution >= 4 is 75.5 Å². The van der Waals surface area contributed by atoms with Crippen molar-refractivity contribution < 1.29 is 9.59 Å². The van der Waals surface area contributed by atoms with Crippen LogP contribution in [0.25, 0.3) is 11.2 Å². The first-order valence-electron chi connectivity index (χ1n) is 12.9. The monoisotopic (exact) mass is 593 g/mol. The Balaban J connectivity index is 1.48. The molecule has 1 unspecified atom stereocenters. The van der Waals surface area contributed by atoms with Gasteiger partial charge in [0.15, 0.2) is 5.65 Å². The molecule has 2 fully saturated rings. The second-order valence-corrected chi connectivity index (χ2v) is 11.2. The van der Waals surface area contributed by atoms with Gasteiger partial charge in [0, 0.05) is 43.2 Å². The van der Waals surface area contributed by atoms with Crippen molar-refractivity contribution in [2.24, 2.45) is 11.7 Å². The average molecular weight is 595 g/mol. The highest BCUT2D eigenvalue weighted by Gasteiger charge is 2.30. The summed E-state index contributed by atoms with van der Waals surface area (Å²) >= 11 is 19.0. The standard InChI is InChI=1S/C25H30Cl3N9O2/c1-30-25(39)36-8-2-3-15(12-36)32-23-31-11-19-22(35-23)37(16-6-4-13(5-7-16)21(29)38)24(33-19)34-20-17(27)9-14(26)10-18(20)28/h9-11,13,15-16H,2-8,12H2,1H3,(H2,29,38)(H,30,39)(H,33,34)(H,31,32,35). The zero-order valence-corrected chi connectivity index (χ0v) is 23.7. The van der Waals surface area contributed by atoms with Crippen LogP contribution < -0.4 is 21.7 Å². The first-order valence-corrected chi connectivity index (χ1v) is 14.1. The predicted molar refractivity (Wildman–Crippen MR) is 153 cm³/mol. The van der Waals surface area contributed by atoms with Gasteiger partial charge in [-0.1, -0.05) is 34.8 Å². The second-order valence-electron chi connectivity index (χ2n) is 9.97. The fourth-order valence-electron chi connectivity index (χ4n) is 5.41. The summed E-state index contributed by atoms with van der Waals surface area (Å²) in [6, 6.07) is 3.14. The van der Waals surface area contributed by atoms with Gasteiger partial charge in [0.1, 0.15) is 5.52 Å². The van der Waals surface area contributed by atoms with Crippen molar-refractivity contribution in [3.05, 3.63) is 33.4 Å². The molecule has 5 N–H and O–H groups in total. The lowest BCUT2D eigenvalue weighted by molar-refractivity contribution is -0.122. The number of likely N-dealkylation sites (tertiary alicyclic amines) is 1. The summed E-state index contributed by atoms with van der Waals surface area (Å²) in [6.07, 6.45) is 6.26. The number of benzene rings is 1. The van der Waals surface area contributed by atoms with Crippen LogP contribution in [-0.2, 0) is 4.79 Å². The zero-order chi connectivity index (χ0) is 27.7. The Hall–Kier alpha value is -3.02. The molecule has 1 aliphatic heterocycles. The van der Waals surface area contributed by atoms with E-state index in [1.807, 2.05) is 4.57 Å². The van der Waals surface area contributed by atoms with Gasteiger partial charge in [-0.25, -0.2) is 14.8 Å². The van der Waals surface area contributed by atoms with Crippen molar-refractivity contribution in [3.8, 4) is 0 Å². The molecule has 0 spiro atoms. The molecular weight excluding hydrogens is 565 g/mol. The highest BCUT2D eigenvalue weighted by atomic mass is 35.5. The molecule has 2 aromatic heterocycles. The summed E-state index contributed by atoms with van der Waals surface area (Å²) in [4.78, 5) is 39.8. The third kappa shape index (κ3) is 5.95. The third-order valence-electron chi connectivity index (χ3n) is 7.40. The topological polar surface area (TPSA) is 143 Å². The van der Waals surface area contributed by atoms with Crippen LogP contribution in [0.5, 0.6) is 0 Å². The van der Waals surface area contributed by atoms with E-state index in [0.29, 0.717) is 69.7 Å². The van der Waals surface area contributed by atoms with E-state index in [0.717, 1.165) is 25.7 Å². The molecule has 39 heavy (non-hydrogen) atoms. The number of anilines is 3. The fourth-order valence-corrected chi connectivity index (χ4v) is 6.32. The van der Waals surface area contributed by atoms with Gasteiger partial charge in [0.25, 0.3) is 0 Å². The van der Waals surface area contributed by atoms with E-state index in [1.165, 1.54) is 0 Å². The molecule has 11 nitrogen and oxygen atoms in total. The summed E-state index contributed by atoms with van der Waals surface area (Å²) in [5.74, 6) is 0.545. The van der Waals surface area contributed by atoms with Crippen molar-refractivity contribution in [3.63, 3.8) is 0 Å². The smallest absolute Gasteiger partial charge is 0.317 e. The highest BCUT2D eigenvalue weighted by Crippen LogP contribution is 2.40. The van der Waals surface area contributed by atoms with Crippen molar-refractivity contribution in [2.75, 3.05) is 30.8 Å². The van der Waals surface area contributed by atoms with Crippen molar-refractivity contribution in [2.45, 2.75) is 50.6 Å². The van der Waals surface area contributed by atoms with Crippen LogP contribution >= 0.6 is 34.8 Å². The van der Waals surface area contributed by atoms with Gasteiger partial charge in [-0.05, 0) is 50.7 Å². The number of fused-ring (bicyclic) bond motifs is 1. The molecular formula is C25H30Cl3N9O2. The third-order valence-corrected chi connectivity index (χ3v) is 8.21. The minimum absolute atomic E-state index is 0.0131. The summed E-state index contributed by atoms with van der Waals surface area (Å²) in [6.45, 7) is 1.27. The largest absolute Gasteiger partial charge is 0.369 e. The normalized spacial score (nSPS) is 21.5. The van der Waals surface area contributed by atoms with E-state index < -0.39 is 0 Å². The number of urea groups is 1. The number of amides is 3. The van der Waals surface area contributed by atoms with Crippen LogP contribution in [0.2, 0.25) is 15.1 Å². The number of hydrogen-bond acceptors (Lipinski definition) is 7. The fraction of sp³-hybridized carbons (Fsp3) is 0.480. The van der Waals surface area contributed by atoms with Crippen LogP contribution in [0.4, 0.5) is 22.4 Å².